The Kier molecular flexibility index (Phi) is 4.14. The zero-order chi connectivity index (χ0) is 14.5. The van der Waals surface area contributed by atoms with Crippen molar-refractivity contribution >= 4 is 23.6 Å². The summed E-state index contributed by atoms with van der Waals surface area (Å²) < 4.78 is 0. The SMILES string of the molecule is O=C(O)CC1C(=O)NCCN1C(=O)Nc1cccnc1. The number of anilines is 1. The predicted molar refractivity (Wildman–Crippen MR) is 69.0 cm³/mol. The van der Waals surface area contributed by atoms with E-state index in [-0.39, 0.29) is 6.54 Å². The molecule has 1 aliphatic rings. The molecule has 8 heteroatoms. The van der Waals surface area contributed by atoms with E-state index in [1.54, 1.807) is 18.3 Å². The number of rotatable bonds is 3. The summed E-state index contributed by atoms with van der Waals surface area (Å²) in [7, 11) is 0. The minimum Gasteiger partial charge on any atom is -0.481 e. The quantitative estimate of drug-likeness (QED) is 0.714. The highest BCUT2D eigenvalue weighted by atomic mass is 16.4. The van der Waals surface area contributed by atoms with E-state index >= 15 is 0 Å². The monoisotopic (exact) mass is 278 g/mol. The first-order valence-electron chi connectivity index (χ1n) is 6.05. The number of piperazine rings is 1. The van der Waals surface area contributed by atoms with E-state index in [2.05, 4.69) is 15.6 Å². The number of aromatic nitrogens is 1. The minimum absolute atomic E-state index is 0.260. The molecule has 0 saturated carbocycles. The zero-order valence-electron chi connectivity index (χ0n) is 10.6. The average molecular weight is 278 g/mol. The Morgan fingerprint density at radius 2 is 2.35 bits per heavy atom. The number of hydrogen-bond acceptors (Lipinski definition) is 4. The zero-order valence-corrected chi connectivity index (χ0v) is 10.6. The molecular formula is C12H14N4O4. The van der Waals surface area contributed by atoms with Crippen molar-refractivity contribution in [3.8, 4) is 0 Å². The van der Waals surface area contributed by atoms with Crippen molar-refractivity contribution in [2.45, 2.75) is 12.5 Å². The number of nitrogens with one attached hydrogen (secondary N) is 2. The lowest BCUT2D eigenvalue weighted by molar-refractivity contribution is -0.142. The van der Waals surface area contributed by atoms with Gasteiger partial charge in [-0.25, -0.2) is 4.79 Å². The van der Waals surface area contributed by atoms with Gasteiger partial charge in [0.15, 0.2) is 0 Å². The molecule has 106 valence electrons. The summed E-state index contributed by atoms with van der Waals surface area (Å²) in [4.78, 5) is 39.7. The van der Waals surface area contributed by atoms with Gasteiger partial charge in [0.2, 0.25) is 5.91 Å². The Morgan fingerprint density at radius 1 is 1.55 bits per heavy atom. The lowest BCUT2D eigenvalue weighted by Gasteiger charge is -2.34. The van der Waals surface area contributed by atoms with E-state index in [9.17, 15) is 14.4 Å². The number of carboxylic acids is 1. The van der Waals surface area contributed by atoms with Crippen molar-refractivity contribution in [3.05, 3.63) is 24.5 Å². The van der Waals surface area contributed by atoms with Crippen LogP contribution in [0, 0.1) is 0 Å². The lowest BCUT2D eigenvalue weighted by atomic mass is 10.1. The highest BCUT2D eigenvalue weighted by Gasteiger charge is 2.34. The molecular weight excluding hydrogens is 264 g/mol. The van der Waals surface area contributed by atoms with Crippen molar-refractivity contribution in [1.82, 2.24) is 15.2 Å². The Hall–Kier alpha value is -2.64. The summed E-state index contributed by atoms with van der Waals surface area (Å²) in [5.41, 5.74) is 0.484. The van der Waals surface area contributed by atoms with Crippen LogP contribution in [0.3, 0.4) is 0 Å². The fourth-order valence-corrected chi connectivity index (χ4v) is 1.96. The molecule has 1 aromatic heterocycles. The molecule has 0 bridgehead atoms. The maximum absolute atomic E-state index is 12.1. The van der Waals surface area contributed by atoms with Crippen molar-refractivity contribution < 1.29 is 19.5 Å². The van der Waals surface area contributed by atoms with Crippen LogP contribution in [0.5, 0.6) is 0 Å². The van der Waals surface area contributed by atoms with Crippen molar-refractivity contribution in [3.63, 3.8) is 0 Å². The summed E-state index contributed by atoms with van der Waals surface area (Å²) >= 11 is 0. The third kappa shape index (κ3) is 3.22. The van der Waals surface area contributed by atoms with Gasteiger partial charge in [-0.15, -0.1) is 0 Å². The summed E-state index contributed by atoms with van der Waals surface area (Å²) in [6, 6.07) is 1.80. The van der Waals surface area contributed by atoms with Gasteiger partial charge in [0.25, 0.3) is 0 Å². The standard InChI is InChI=1S/C12H14N4O4/c17-10(18)6-9-11(19)14-4-5-16(9)12(20)15-8-2-1-3-13-7-8/h1-3,7,9H,4-6H2,(H,14,19)(H,15,20)(H,17,18). The summed E-state index contributed by atoms with van der Waals surface area (Å²) in [6.45, 7) is 0.561. The molecule has 1 aromatic rings. The fraction of sp³-hybridized carbons (Fsp3) is 0.333. The van der Waals surface area contributed by atoms with Crippen LogP contribution in [-0.4, -0.2) is 52.0 Å². The van der Waals surface area contributed by atoms with Gasteiger partial charge in [0.1, 0.15) is 6.04 Å². The van der Waals surface area contributed by atoms with Crippen LogP contribution in [0.2, 0.25) is 0 Å². The Labute approximate surface area is 114 Å². The molecule has 1 aliphatic heterocycles. The van der Waals surface area contributed by atoms with Gasteiger partial charge < -0.3 is 20.6 Å². The van der Waals surface area contributed by atoms with E-state index in [1.807, 2.05) is 0 Å². The van der Waals surface area contributed by atoms with E-state index in [1.165, 1.54) is 11.1 Å². The smallest absolute Gasteiger partial charge is 0.322 e. The molecule has 0 spiro atoms. The first kappa shape index (κ1) is 13.8. The van der Waals surface area contributed by atoms with Crippen LogP contribution in [0.15, 0.2) is 24.5 Å². The topological polar surface area (TPSA) is 112 Å². The van der Waals surface area contributed by atoms with Gasteiger partial charge in [-0.1, -0.05) is 0 Å². The van der Waals surface area contributed by atoms with E-state index in [0.717, 1.165) is 0 Å². The maximum atomic E-state index is 12.1. The van der Waals surface area contributed by atoms with E-state index in [0.29, 0.717) is 12.2 Å². The summed E-state index contributed by atoms with van der Waals surface area (Å²) in [6.07, 6.45) is 2.61. The Balaban J connectivity index is 2.09. The first-order valence-corrected chi connectivity index (χ1v) is 6.05. The second-order valence-corrected chi connectivity index (χ2v) is 4.27. The lowest BCUT2D eigenvalue weighted by Crippen LogP contribution is -2.58. The van der Waals surface area contributed by atoms with Crippen LogP contribution in [0.25, 0.3) is 0 Å². The molecule has 2 rings (SSSR count). The van der Waals surface area contributed by atoms with Gasteiger partial charge >= 0.3 is 12.0 Å². The van der Waals surface area contributed by atoms with Crippen LogP contribution in [-0.2, 0) is 9.59 Å². The number of pyridine rings is 1. The molecule has 3 N–H and O–H groups in total. The number of aliphatic carboxylic acids is 1. The number of hydrogen-bond donors (Lipinski definition) is 3. The second kappa shape index (κ2) is 6.00. The van der Waals surface area contributed by atoms with Gasteiger partial charge in [-0.2, -0.15) is 0 Å². The normalized spacial score (nSPS) is 18.3. The summed E-state index contributed by atoms with van der Waals surface area (Å²) in [5, 5.41) is 14.0. The van der Waals surface area contributed by atoms with Crippen molar-refractivity contribution in [1.29, 1.82) is 0 Å². The molecule has 1 atom stereocenters. The highest BCUT2D eigenvalue weighted by Crippen LogP contribution is 2.12. The molecule has 20 heavy (non-hydrogen) atoms. The number of carboxylic acid groups (broad SMARTS) is 1. The molecule has 0 aliphatic carbocycles. The molecule has 0 aromatic carbocycles. The van der Waals surface area contributed by atoms with Gasteiger partial charge in [-0.3, -0.25) is 14.6 Å². The Morgan fingerprint density at radius 3 is 3.00 bits per heavy atom. The van der Waals surface area contributed by atoms with Crippen LogP contribution < -0.4 is 10.6 Å². The van der Waals surface area contributed by atoms with E-state index < -0.39 is 30.4 Å². The Bertz CT molecular complexity index is 519. The number of amides is 3. The fourth-order valence-electron chi connectivity index (χ4n) is 1.96. The van der Waals surface area contributed by atoms with Crippen LogP contribution in [0.4, 0.5) is 10.5 Å². The largest absolute Gasteiger partial charge is 0.481 e. The van der Waals surface area contributed by atoms with Crippen molar-refractivity contribution in [2.24, 2.45) is 0 Å². The molecule has 0 radical (unpaired) electrons. The molecule has 1 unspecified atom stereocenters. The average Bonchev–Trinajstić information content (AvgIpc) is 2.41. The number of carbonyl (C=O) groups is 3. The predicted octanol–water partition coefficient (Wildman–Crippen LogP) is -0.111. The molecule has 1 saturated heterocycles. The highest BCUT2D eigenvalue weighted by molar-refractivity contribution is 5.95. The third-order valence-electron chi connectivity index (χ3n) is 2.87. The molecule has 1 fully saturated rings. The number of nitrogens with zero attached hydrogens (tertiary/aromatic N) is 2. The third-order valence-corrected chi connectivity index (χ3v) is 2.87. The maximum Gasteiger partial charge on any atom is 0.322 e. The van der Waals surface area contributed by atoms with Crippen molar-refractivity contribution in [2.75, 3.05) is 18.4 Å². The summed E-state index contributed by atoms with van der Waals surface area (Å²) in [5.74, 6) is -1.59. The minimum atomic E-state index is -1.13. The molecule has 2 heterocycles. The second-order valence-electron chi connectivity index (χ2n) is 4.27. The van der Waals surface area contributed by atoms with Crippen LogP contribution in [0.1, 0.15) is 6.42 Å². The van der Waals surface area contributed by atoms with Crippen LogP contribution >= 0.6 is 0 Å². The van der Waals surface area contributed by atoms with E-state index in [4.69, 9.17) is 5.11 Å². The number of carbonyl (C=O) groups excluding carboxylic acids is 2. The number of urea groups is 1. The molecule has 3 amide bonds. The molecule has 8 nitrogen and oxygen atoms in total. The van der Waals surface area contributed by atoms with Gasteiger partial charge in [0.05, 0.1) is 18.3 Å². The van der Waals surface area contributed by atoms with Gasteiger partial charge in [0, 0.05) is 19.3 Å². The first-order chi connectivity index (χ1) is 9.58. The van der Waals surface area contributed by atoms with Gasteiger partial charge in [-0.05, 0) is 12.1 Å².